The minimum atomic E-state index is -1.15. The molecule has 1 saturated carbocycles. The molecule has 1 aromatic carbocycles. The molecule has 0 radical (unpaired) electrons. The Labute approximate surface area is 83.4 Å². The van der Waals surface area contributed by atoms with Crippen molar-refractivity contribution in [2.45, 2.75) is 18.4 Å². The minimum Gasteiger partial charge on any atom is -0.211 e. The van der Waals surface area contributed by atoms with Crippen LogP contribution in [-0.4, -0.2) is 6.08 Å². The number of hydrogen-bond donors (Lipinski definition) is 0. The van der Waals surface area contributed by atoms with Crippen molar-refractivity contribution in [1.82, 2.24) is 0 Å². The summed E-state index contributed by atoms with van der Waals surface area (Å²) in [5.41, 5.74) is -1.49. The van der Waals surface area contributed by atoms with E-state index < -0.39 is 23.0 Å². The van der Waals surface area contributed by atoms with E-state index in [-0.39, 0.29) is 5.56 Å². The van der Waals surface area contributed by atoms with E-state index in [1.807, 2.05) is 0 Å². The minimum absolute atomic E-state index is 0.341. The van der Waals surface area contributed by atoms with Gasteiger partial charge in [0, 0.05) is 12.1 Å². The second kappa shape index (κ2) is 3.21. The molecular formula is C10H6F3NO. The molecule has 0 aliphatic heterocycles. The van der Waals surface area contributed by atoms with Crippen molar-refractivity contribution in [2.75, 3.05) is 0 Å². The lowest BCUT2D eigenvalue weighted by Gasteiger charge is -2.10. The van der Waals surface area contributed by atoms with Crippen molar-refractivity contribution in [3.63, 3.8) is 0 Å². The monoisotopic (exact) mass is 213 g/mol. The van der Waals surface area contributed by atoms with Gasteiger partial charge in [-0.3, -0.25) is 0 Å². The molecule has 0 unspecified atom stereocenters. The topological polar surface area (TPSA) is 29.4 Å². The van der Waals surface area contributed by atoms with E-state index in [1.54, 1.807) is 0 Å². The summed E-state index contributed by atoms with van der Waals surface area (Å²) in [6.07, 6.45) is 2.04. The summed E-state index contributed by atoms with van der Waals surface area (Å²) in [4.78, 5) is 13.5. The van der Waals surface area contributed by atoms with Gasteiger partial charge in [-0.25, -0.2) is 18.0 Å². The molecule has 2 nitrogen and oxygen atoms in total. The fourth-order valence-corrected chi connectivity index (χ4v) is 1.61. The van der Waals surface area contributed by atoms with Crippen LogP contribution in [0.25, 0.3) is 0 Å². The fraction of sp³-hybridized carbons (Fsp3) is 0.300. The summed E-state index contributed by atoms with van der Waals surface area (Å²) < 4.78 is 39.2. The molecule has 5 heteroatoms. The number of benzene rings is 1. The van der Waals surface area contributed by atoms with Crippen LogP contribution < -0.4 is 0 Å². The number of nitrogens with zero attached hydrogens (tertiary/aromatic N) is 1. The molecule has 1 aliphatic carbocycles. The van der Waals surface area contributed by atoms with Gasteiger partial charge in [-0.2, -0.15) is 4.99 Å². The zero-order valence-corrected chi connectivity index (χ0v) is 7.56. The van der Waals surface area contributed by atoms with Gasteiger partial charge in [0.1, 0.15) is 23.0 Å². The Morgan fingerprint density at radius 2 is 1.73 bits per heavy atom. The van der Waals surface area contributed by atoms with Crippen molar-refractivity contribution in [2.24, 2.45) is 4.99 Å². The molecule has 1 aromatic rings. The van der Waals surface area contributed by atoms with Crippen LogP contribution in [0.3, 0.4) is 0 Å². The molecule has 0 spiro atoms. The Morgan fingerprint density at radius 1 is 1.20 bits per heavy atom. The first-order chi connectivity index (χ1) is 7.09. The normalized spacial score (nSPS) is 17.0. The SMILES string of the molecule is O=C=NC1(c2c(F)cc(F)cc2F)CC1. The second-order valence-electron chi connectivity index (χ2n) is 3.48. The first-order valence-corrected chi connectivity index (χ1v) is 4.33. The number of aliphatic imine (C=N–C) groups is 1. The summed E-state index contributed by atoms with van der Waals surface area (Å²) in [7, 11) is 0. The largest absolute Gasteiger partial charge is 0.235 e. The summed E-state index contributed by atoms with van der Waals surface area (Å²) in [6, 6.07) is 1.16. The molecule has 0 aromatic heterocycles. The number of isocyanates is 1. The maximum atomic E-state index is 13.3. The standard InChI is InChI=1S/C10H6F3NO/c11-6-3-7(12)9(8(13)4-6)10(1-2-10)14-5-15/h3-4H,1-2H2. The van der Waals surface area contributed by atoms with Gasteiger partial charge in [-0.15, -0.1) is 0 Å². The van der Waals surface area contributed by atoms with E-state index in [9.17, 15) is 18.0 Å². The lowest BCUT2D eigenvalue weighted by Crippen LogP contribution is -2.09. The van der Waals surface area contributed by atoms with Crippen LogP contribution in [-0.2, 0) is 10.3 Å². The highest BCUT2D eigenvalue weighted by Crippen LogP contribution is 2.50. The van der Waals surface area contributed by atoms with E-state index in [2.05, 4.69) is 4.99 Å². The van der Waals surface area contributed by atoms with Crippen molar-refractivity contribution in [1.29, 1.82) is 0 Å². The van der Waals surface area contributed by atoms with Crippen molar-refractivity contribution >= 4 is 6.08 Å². The van der Waals surface area contributed by atoms with Gasteiger partial charge in [0.15, 0.2) is 0 Å². The van der Waals surface area contributed by atoms with Crippen LogP contribution in [0.1, 0.15) is 18.4 Å². The number of rotatable bonds is 2. The molecule has 15 heavy (non-hydrogen) atoms. The van der Waals surface area contributed by atoms with Crippen molar-refractivity contribution in [3.8, 4) is 0 Å². The molecule has 78 valence electrons. The molecule has 0 heterocycles. The number of carbonyl (C=O) groups excluding carboxylic acids is 1. The third-order valence-corrected chi connectivity index (χ3v) is 2.46. The zero-order valence-electron chi connectivity index (χ0n) is 7.56. The van der Waals surface area contributed by atoms with Gasteiger partial charge >= 0.3 is 0 Å². The van der Waals surface area contributed by atoms with Gasteiger partial charge in [-0.05, 0) is 12.8 Å². The molecule has 0 saturated heterocycles. The highest BCUT2D eigenvalue weighted by Gasteiger charge is 2.48. The lowest BCUT2D eigenvalue weighted by atomic mass is 10.0. The molecule has 2 rings (SSSR count). The van der Waals surface area contributed by atoms with Crippen LogP contribution in [0, 0.1) is 17.5 Å². The van der Waals surface area contributed by atoms with Crippen LogP contribution in [0.4, 0.5) is 13.2 Å². The lowest BCUT2D eigenvalue weighted by molar-refractivity contribution is 0.495. The van der Waals surface area contributed by atoms with Gasteiger partial charge in [0.2, 0.25) is 6.08 Å². The van der Waals surface area contributed by atoms with Gasteiger partial charge in [-0.1, -0.05) is 0 Å². The van der Waals surface area contributed by atoms with Crippen molar-refractivity contribution < 1.29 is 18.0 Å². The van der Waals surface area contributed by atoms with Gasteiger partial charge < -0.3 is 0 Å². The summed E-state index contributed by atoms with van der Waals surface area (Å²) in [5.74, 6) is -3.01. The quantitative estimate of drug-likeness (QED) is 0.548. The first-order valence-electron chi connectivity index (χ1n) is 4.33. The average Bonchev–Trinajstić information content (AvgIpc) is 2.83. The van der Waals surface area contributed by atoms with E-state index >= 15 is 0 Å². The van der Waals surface area contributed by atoms with Crippen LogP contribution >= 0.6 is 0 Å². The average molecular weight is 213 g/mol. The third-order valence-electron chi connectivity index (χ3n) is 2.46. The van der Waals surface area contributed by atoms with E-state index in [0.717, 1.165) is 0 Å². The smallest absolute Gasteiger partial charge is 0.211 e. The van der Waals surface area contributed by atoms with Crippen LogP contribution in [0.2, 0.25) is 0 Å². The summed E-state index contributed by atoms with van der Waals surface area (Å²) in [5, 5.41) is 0. The Balaban J connectivity index is 2.58. The Hall–Kier alpha value is -1.61. The second-order valence-corrected chi connectivity index (χ2v) is 3.48. The van der Waals surface area contributed by atoms with Gasteiger partial charge in [0.25, 0.3) is 0 Å². The highest BCUT2D eigenvalue weighted by molar-refractivity contribution is 5.42. The molecule has 0 amide bonds. The van der Waals surface area contributed by atoms with E-state index in [1.165, 1.54) is 6.08 Å². The summed E-state index contributed by atoms with van der Waals surface area (Å²) >= 11 is 0. The first kappa shape index (κ1) is 9.93. The van der Waals surface area contributed by atoms with Crippen LogP contribution in [0.15, 0.2) is 17.1 Å². The Bertz CT molecular complexity index is 439. The van der Waals surface area contributed by atoms with Crippen molar-refractivity contribution in [3.05, 3.63) is 35.1 Å². The highest BCUT2D eigenvalue weighted by atomic mass is 19.1. The number of hydrogen-bond acceptors (Lipinski definition) is 2. The van der Waals surface area contributed by atoms with E-state index in [0.29, 0.717) is 25.0 Å². The van der Waals surface area contributed by atoms with Gasteiger partial charge in [0.05, 0.1) is 5.56 Å². The predicted molar refractivity (Wildman–Crippen MR) is 45.3 cm³/mol. The maximum Gasteiger partial charge on any atom is 0.235 e. The fourth-order valence-electron chi connectivity index (χ4n) is 1.61. The zero-order chi connectivity index (χ0) is 11.1. The Kier molecular flexibility index (Phi) is 2.12. The molecular weight excluding hydrogens is 207 g/mol. The molecule has 0 atom stereocenters. The molecule has 0 N–H and O–H groups in total. The predicted octanol–water partition coefficient (Wildman–Crippen LogP) is 2.43. The molecule has 0 bridgehead atoms. The summed E-state index contributed by atoms with van der Waals surface area (Å²) in [6.45, 7) is 0. The number of halogens is 3. The third kappa shape index (κ3) is 1.55. The van der Waals surface area contributed by atoms with E-state index in [4.69, 9.17) is 0 Å². The molecule has 1 fully saturated rings. The maximum absolute atomic E-state index is 13.3. The van der Waals surface area contributed by atoms with Crippen LogP contribution in [0.5, 0.6) is 0 Å². The molecule has 1 aliphatic rings. The Morgan fingerprint density at radius 3 is 2.13 bits per heavy atom.